The van der Waals surface area contributed by atoms with Crippen LogP contribution in [-0.4, -0.2) is 19.0 Å². The van der Waals surface area contributed by atoms with Crippen molar-refractivity contribution in [2.75, 3.05) is 7.11 Å². The topological polar surface area (TPSA) is 55.4 Å². The molecular formula is C14H25NO3. The number of carbonyl (C=O) groups is 2. The summed E-state index contributed by atoms with van der Waals surface area (Å²) >= 11 is 0. The van der Waals surface area contributed by atoms with Gasteiger partial charge in [-0.25, -0.2) is 4.79 Å². The molecule has 1 unspecified atom stereocenters. The lowest BCUT2D eigenvalue weighted by Gasteiger charge is -2.15. The van der Waals surface area contributed by atoms with Crippen LogP contribution >= 0.6 is 0 Å². The number of esters is 1. The molecule has 1 atom stereocenters. The Bertz CT molecular complexity index is 297. The molecule has 0 saturated heterocycles. The van der Waals surface area contributed by atoms with Gasteiger partial charge in [0, 0.05) is 5.92 Å². The van der Waals surface area contributed by atoms with Gasteiger partial charge < -0.3 is 10.1 Å². The summed E-state index contributed by atoms with van der Waals surface area (Å²) in [5.41, 5.74) is 0.250. The summed E-state index contributed by atoms with van der Waals surface area (Å²) < 4.78 is 4.64. The second-order valence-corrected chi connectivity index (χ2v) is 4.25. The zero-order chi connectivity index (χ0) is 14.0. The zero-order valence-corrected chi connectivity index (χ0v) is 11.9. The van der Waals surface area contributed by atoms with Crippen molar-refractivity contribution < 1.29 is 14.3 Å². The molecule has 0 rings (SSSR count). The highest BCUT2D eigenvalue weighted by molar-refractivity contribution is 5.94. The molecule has 0 aliphatic heterocycles. The van der Waals surface area contributed by atoms with Crippen LogP contribution in [0.25, 0.3) is 0 Å². The van der Waals surface area contributed by atoms with Gasteiger partial charge in [-0.3, -0.25) is 4.79 Å². The van der Waals surface area contributed by atoms with E-state index in [1.165, 1.54) is 7.11 Å². The van der Waals surface area contributed by atoms with Crippen LogP contribution in [0, 0.1) is 5.92 Å². The Morgan fingerprint density at radius 3 is 2.39 bits per heavy atom. The molecule has 18 heavy (non-hydrogen) atoms. The number of carbonyl (C=O) groups excluding carboxylic acids is 2. The zero-order valence-electron chi connectivity index (χ0n) is 11.9. The smallest absolute Gasteiger partial charge is 0.354 e. The van der Waals surface area contributed by atoms with E-state index in [-0.39, 0.29) is 17.5 Å². The second-order valence-electron chi connectivity index (χ2n) is 4.25. The average molecular weight is 255 g/mol. The van der Waals surface area contributed by atoms with Crippen LogP contribution in [0.5, 0.6) is 0 Å². The standard InChI is InChI=1S/C14H25NO3/c1-5-8-10-11(7-3)13(16)15-12(9-6-2)14(17)18-4/h9,11H,5-8,10H2,1-4H3,(H,15,16). The van der Waals surface area contributed by atoms with Gasteiger partial charge in [0.2, 0.25) is 5.91 Å². The van der Waals surface area contributed by atoms with Gasteiger partial charge >= 0.3 is 5.97 Å². The highest BCUT2D eigenvalue weighted by Crippen LogP contribution is 2.13. The highest BCUT2D eigenvalue weighted by Gasteiger charge is 2.19. The first kappa shape index (κ1) is 16.7. The molecule has 4 nitrogen and oxygen atoms in total. The van der Waals surface area contributed by atoms with Gasteiger partial charge in [0.05, 0.1) is 7.11 Å². The van der Waals surface area contributed by atoms with E-state index in [2.05, 4.69) is 17.0 Å². The van der Waals surface area contributed by atoms with Crippen molar-refractivity contribution in [3.8, 4) is 0 Å². The van der Waals surface area contributed by atoms with E-state index in [4.69, 9.17) is 0 Å². The molecule has 1 N–H and O–H groups in total. The summed E-state index contributed by atoms with van der Waals surface area (Å²) in [6, 6.07) is 0. The van der Waals surface area contributed by atoms with Crippen LogP contribution < -0.4 is 5.32 Å². The summed E-state index contributed by atoms with van der Waals surface area (Å²) in [5, 5.41) is 2.68. The van der Waals surface area contributed by atoms with E-state index in [1.54, 1.807) is 6.08 Å². The molecule has 0 aromatic heterocycles. The third-order valence-electron chi connectivity index (χ3n) is 2.84. The molecular weight excluding hydrogens is 230 g/mol. The molecule has 0 aliphatic carbocycles. The van der Waals surface area contributed by atoms with Crippen LogP contribution in [0.1, 0.15) is 52.9 Å². The third-order valence-corrected chi connectivity index (χ3v) is 2.84. The monoisotopic (exact) mass is 255 g/mol. The molecule has 104 valence electrons. The van der Waals surface area contributed by atoms with Crippen LogP contribution in [-0.2, 0) is 14.3 Å². The lowest BCUT2D eigenvalue weighted by molar-refractivity contribution is -0.138. The van der Waals surface area contributed by atoms with E-state index in [0.717, 1.165) is 25.7 Å². The normalized spacial score (nSPS) is 13.0. The van der Waals surface area contributed by atoms with E-state index in [0.29, 0.717) is 6.42 Å². The summed E-state index contributed by atoms with van der Waals surface area (Å²) in [5.74, 6) is -0.610. The molecule has 1 amide bonds. The minimum absolute atomic E-state index is 0.0325. The predicted molar refractivity (Wildman–Crippen MR) is 71.8 cm³/mol. The Labute approximate surface area is 110 Å². The molecule has 0 saturated carbocycles. The lowest BCUT2D eigenvalue weighted by Crippen LogP contribution is -2.33. The summed E-state index contributed by atoms with van der Waals surface area (Å²) in [6.45, 7) is 5.99. The van der Waals surface area contributed by atoms with Gasteiger partial charge in [-0.2, -0.15) is 0 Å². The second kappa shape index (κ2) is 9.68. The fourth-order valence-corrected chi connectivity index (χ4v) is 1.71. The van der Waals surface area contributed by atoms with Gasteiger partial charge in [-0.1, -0.05) is 39.7 Å². The lowest BCUT2D eigenvalue weighted by atomic mass is 9.98. The number of nitrogens with one attached hydrogen (secondary N) is 1. The van der Waals surface area contributed by atoms with Crippen LogP contribution in [0.2, 0.25) is 0 Å². The fourth-order valence-electron chi connectivity index (χ4n) is 1.71. The number of hydrogen-bond donors (Lipinski definition) is 1. The molecule has 0 aliphatic rings. The molecule has 0 radical (unpaired) electrons. The van der Waals surface area contributed by atoms with Crippen molar-refractivity contribution in [3.63, 3.8) is 0 Å². The summed E-state index contributed by atoms with van der Waals surface area (Å²) in [6.07, 6.45) is 6.09. The van der Waals surface area contributed by atoms with Crippen molar-refractivity contribution in [3.05, 3.63) is 11.8 Å². The molecule has 0 fully saturated rings. The Morgan fingerprint density at radius 1 is 1.28 bits per heavy atom. The highest BCUT2D eigenvalue weighted by atomic mass is 16.5. The van der Waals surface area contributed by atoms with Gasteiger partial charge in [0.15, 0.2) is 0 Å². The number of methoxy groups -OCH3 is 1. The Morgan fingerprint density at radius 2 is 1.94 bits per heavy atom. The predicted octanol–water partition coefficient (Wildman–Crippen LogP) is 2.79. The van der Waals surface area contributed by atoms with E-state index in [1.807, 2.05) is 13.8 Å². The van der Waals surface area contributed by atoms with E-state index >= 15 is 0 Å². The first-order valence-corrected chi connectivity index (χ1v) is 6.69. The molecule has 0 aromatic carbocycles. The molecule has 0 aromatic rings. The minimum atomic E-state index is -0.490. The van der Waals surface area contributed by atoms with Crippen molar-refractivity contribution in [2.45, 2.75) is 52.9 Å². The van der Waals surface area contributed by atoms with Crippen LogP contribution in [0.15, 0.2) is 11.8 Å². The maximum Gasteiger partial charge on any atom is 0.354 e. The van der Waals surface area contributed by atoms with Gasteiger partial charge in [-0.15, -0.1) is 0 Å². The maximum absolute atomic E-state index is 12.0. The van der Waals surface area contributed by atoms with Crippen LogP contribution in [0.4, 0.5) is 0 Å². The minimum Gasteiger partial charge on any atom is -0.464 e. The third kappa shape index (κ3) is 5.84. The summed E-state index contributed by atoms with van der Waals surface area (Å²) in [7, 11) is 1.31. The van der Waals surface area contributed by atoms with Crippen molar-refractivity contribution in [1.29, 1.82) is 0 Å². The van der Waals surface area contributed by atoms with Crippen molar-refractivity contribution in [1.82, 2.24) is 5.32 Å². The molecule has 0 heterocycles. The maximum atomic E-state index is 12.0. The first-order chi connectivity index (χ1) is 8.60. The number of hydrogen-bond acceptors (Lipinski definition) is 3. The molecule has 0 bridgehead atoms. The fraction of sp³-hybridized carbons (Fsp3) is 0.714. The Balaban J connectivity index is 4.57. The number of rotatable bonds is 8. The van der Waals surface area contributed by atoms with Gasteiger partial charge in [0.25, 0.3) is 0 Å². The number of unbranched alkanes of at least 4 members (excludes halogenated alkanes) is 1. The number of allylic oxidation sites excluding steroid dienone is 1. The van der Waals surface area contributed by atoms with Crippen molar-refractivity contribution >= 4 is 11.9 Å². The summed E-state index contributed by atoms with van der Waals surface area (Å²) in [4.78, 5) is 23.5. The molecule has 0 spiro atoms. The number of amides is 1. The Kier molecular flexibility index (Phi) is 8.97. The molecule has 4 heteroatoms. The first-order valence-electron chi connectivity index (χ1n) is 6.69. The Hall–Kier alpha value is -1.32. The quantitative estimate of drug-likeness (QED) is 0.536. The van der Waals surface area contributed by atoms with Gasteiger partial charge in [0.1, 0.15) is 5.70 Å². The van der Waals surface area contributed by atoms with Crippen molar-refractivity contribution in [2.24, 2.45) is 5.92 Å². The SMILES string of the molecule is CCC=C(NC(=O)C(CC)CCCC)C(=O)OC. The average Bonchev–Trinajstić information content (AvgIpc) is 2.38. The van der Waals surface area contributed by atoms with E-state index < -0.39 is 5.97 Å². The van der Waals surface area contributed by atoms with E-state index in [9.17, 15) is 9.59 Å². The van der Waals surface area contributed by atoms with Gasteiger partial charge in [-0.05, 0) is 19.3 Å². The van der Waals surface area contributed by atoms with Crippen LogP contribution in [0.3, 0.4) is 0 Å². The number of ether oxygens (including phenoxy) is 1. The largest absolute Gasteiger partial charge is 0.464 e.